The molecule has 0 aromatic carbocycles. The van der Waals surface area contributed by atoms with Gasteiger partial charge in [-0.3, -0.25) is 0 Å². The molecule has 4 nitrogen and oxygen atoms in total. The molecule has 0 fully saturated rings. The fourth-order valence-corrected chi connectivity index (χ4v) is 4.32. The molecule has 0 heterocycles. The zero-order chi connectivity index (χ0) is 30.4. The van der Waals surface area contributed by atoms with Crippen LogP contribution >= 0.6 is 0 Å². The maximum atomic E-state index is 10.2. The van der Waals surface area contributed by atoms with Crippen molar-refractivity contribution in [2.24, 2.45) is 10.8 Å². The molecule has 0 bridgehead atoms. The van der Waals surface area contributed by atoms with Gasteiger partial charge >= 0.3 is 31.0 Å². The molecule has 0 aromatic heterocycles. The molecule has 0 spiro atoms. The van der Waals surface area contributed by atoms with Gasteiger partial charge in [-0.25, -0.2) is 0 Å². The Bertz CT molecular complexity index is 474. The molecule has 232 valence electrons. The summed E-state index contributed by atoms with van der Waals surface area (Å²) in [5.74, 6) is -1.82. The van der Waals surface area contributed by atoms with Crippen LogP contribution in [0.5, 0.6) is 0 Å². The summed E-state index contributed by atoms with van der Waals surface area (Å²) in [6, 6.07) is 0. The standard InChI is InChI=1S/2C16H32O2.2CH3.Sn/c2*1-16(2,3)14-12-10-8-6-4-5-7-9-11-13-15(17)18;;;/h2*4-14H2,1-3H3,(H,17,18);2*1H3;/q;;;;+2/p-2. The number of carboxylic acids is 2. The average Bonchev–Trinajstić information content (AvgIpc) is 2.80. The van der Waals surface area contributed by atoms with Crippen LogP contribution in [0.15, 0.2) is 0 Å². The van der Waals surface area contributed by atoms with E-state index >= 15 is 0 Å². The molecule has 0 N–H and O–H groups in total. The molecule has 0 atom stereocenters. The SMILES string of the molecule is CC(C)(C)CCCCCCCCCCCC(=O)[O-].CC(C)(C)CCCCCCCCCCCC(=O)[O-].[CH3][Sn+2][CH3]. The molecular weight excluding hydrogens is 591 g/mol. The number of carboxylic acid groups (broad SMARTS) is 2. The van der Waals surface area contributed by atoms with Crippen LogP contribution in [0, 0.1) is 10.8 Å². The molecule has 0 unspecified atom stereocenters. The summed E-state index contributed by atoms with van der Waals surface area (Å²) < 4.78 is 0. The van der Waals surface area contributed by atoms with E-state index in [9.17, 15) is 19.8 Å². The first kappa shape index (κ1) is 43.2. The molecule has 0 radical (unpaired) electrons. The summed E-state index contributed by atoms with van der Waals surface area (Å²) in [6.07, 6.45) is 25.1. The van der Waals surface area contributed by atoms with E-state index in [1.807, 2.05) is 0 Å². The van der Waals surface area contributed by atoms with Crippen LogP contribution in [0.3, 0.4) is 0 Å². The Labute approximate surface area is 255 Å². The van der Waals surface area contributed by atoms with E-state index in [0.717, 1.165) is 25.7 Å². The summed E-state index contributed by atoms with van der Waals surface area (Å²) in [5.41, 5.74) is 0.970. The van der Waals surface area contributed by atoms with Crippen molar-refractivity contribution >= 4 is 33.1 Å². The summed E-state index contributed by atoms with van der Waals surface area (Å²) in [5, 5.41) is 20.4. The topological polar surface area (TPSA) is 80.3 Å². The van der Waals surface area contributed by atoms with Gasteiger partial charge in [-0.2, -0.15) is 0 Å². The van der Waals surface area contributed by atoms with E-state index in [0.29, 0.717) is 10.8 Å². The number of aliphatic carboxylic acids is 2. The Balaban J connectivity index is -0.000000603. The predicted octanol–water partition coefficient (Wildman–Crippen LogP) is 8.93. The van der Waals surface area contributed by atoms with Crippen LogP contribution in [0.4, 0.5) is 0 Å². The molecular formula is C34H68O4Sn. The van der Waals surface area contributed by atoms with Gasteiger partial charge in [0.25, 0.3) is 0 Å². The first-order valence-electron chi connectivity index (χ1n) is 16.2. The van der Waals surface area contributed by atoms with Gasteiger partial charge in [0.05, 0.1) is 0 Å². The second-order valence-electron chi connectivity index (χ2n) is 13.7. The number of hydrogen-bond acceptors (Lipinski definition) is 4. The molecule has 0 rings (SSSR count). The minimum absolute atomic E-state index is 0.229. The summed E-state index contributed by atoms with van der Waals surface area (Å²) in [4.78, 5) is 25.0. The first-order valence-corrected chi connectivity index (χ1v) is 21.9. The van der Waals surface area contributed by atoms with E-state index in [1.54, 1.807) is 0 Å². The van der Waals surface area contributed by atoms with Gasteiger partial charge in [-0.1, -0.05) is 144 Å². The van der Waals surface area contributed by atoms with Gasteiger partial charge in [-0.05, 0) is 49.4 Å². The van der Waals surface area contributed by atoms with Gasteiger partial charge < -0.3 is 19.8 Å². The third kappa shape index (κ3) is 54.5. The Morgan fingerprint density at radius 3 is 0.795 bits per heavy atom. The molecule has 0 saturated carbocycles. The molecule has 0 aliphatic carbocycles. The molecule has 0 amide bonds. The second kappa shape index (κ2) is 30.7. The van der Waals surface area contributed by atoms with Gasteiger partial charge in [0, 0.05) is 11.9 Å². The van der Waals surface area contributed by atoms with Crippen molar-refractivity contribution in [1.82, 2.24) is 0 Å². The van der Waals surface area contributed by atoms with Crippen molar-refractivity contribution in [2.75, 3.05) is 0 Å². The molecule has 5 heteroatoms. The van der Waals surface area contributed by atoms with Gasteiger partial charge in [0.1, 0.15) is 0 Å². The van der Waals surface area contributed by atoms with Crippen LogP contribution in [-0.4, -0.2) is 33.1 Å². The summed E-state index contributed by atoms with van der Waals surface area (Å²) in [7, 11) is 0. The molecule has 0 aliphatic rings. The predicted molar refractivity (Wildman–Crippen MR) is 168 cm³/mol. The third-order valence-corrected chi connectivity index (χ3v) is 6.62. The van der Waals surface area contributed by atoms with E-state index in [2.05, 4.69) is 51.4 Å². The zero-order valence-electron chi connectivity index (χ0n) is 27.7. The van der Waals surface area contributed by atoms with Crippen LogP contribution in [0.2, 0.25) is 9.88 Å². The first-order chi connectivity index (χ1) is 18.2. The van der Waals surface area contributed by atoms with Crippen LogP contribution in [-0.2, 0) is 9.59 Å². The van der Waals surface area contributed by atoms with Crippen LogP contribution in [0.1, 0.15) is 183 Å². The molecule has 39 heavy (non-hydrogen) atoms. The number of unbranched alkanes of at least 4 members (excludes halogenated alkanes) is 16. The van der Waals surface area contributed by atoms with Crippen molar-refractivity contribution in [1.29, 1.82) is 0 Å². The minimum atomic E-state index is -0.908. The molecule has 0 saturated heterocycles. The summed E-state index contributed by atoms with van der Waals surface area (Å²) in [6.45, 7) is 13.8. The van der Waals surface area contributed by atoms with Crippen LogP contribution < -0.4 is 10.2 Å². The zero-order valence-corrected chi connectivity index (χ0v) is 30.5. The van der Waals surface area contributed by atoms with Gasteiger partial charge in [0.2, 0.25) is 0 Å². The van der Waals surface area contributed by atoms with Crippen molar-refractivity contribution in [2.45, 2.75) is 193 Å². The van der Waals surface area contributed by atoms with Crippen molar-refractivity contribution in [3.63, 3.8) is 0 Å². The number of carbonyl (C=O) groups excluding carboxylic acids is 2. The van der Waals surface area contributed by atoms with Gasteiger partial charge in [0.15, 0.2) is 0 Å². The molecule has 0 aliphatic heterocycles. The van der Waals surface area contributed by atoms with Gasteiger partial charge in [-0.15, -0.1) is 0 Å². The molecule has 0 aromatic rings. The average molecular weight is 660 g/mol. The van der Waals surface area contributed by atoms with Crippen molar-refractivity contribution in [3.05, 3.63) is 0 Å². The Kier molecular flexibility index (Phi) is 34.0. The van der Waals surface area contributed by atoms with Crippen molar-refractivity contribution in [3.8, 4) is 0 Å². The van der Waals surface area contributed by atoms with E-state index in [1.165, 1.54) is 103 Å². The third-order valence-electron chi connectivity index (χ3n) is 6.62. The maximum absolute atomic E-state index is 10.2. The quantitative estimate of drug-likeness (QED) is 0.0859. The summed E-state index contributed by atoms with van der Waals surface area (Å²) >= 11 is 0.230. The Morgan fingerprint density at radius 1 is 0.436 bits per heavy atom. The van der Waals surface area contributed by atoms with Crippen molar-refractivity contribution < 1.29 is 19.8 Å². The Morgan fingerprint density at radius 2 is 0.615 bits per heavy atom. The van der Waals surface area contributed by atoms with Crippen LogP contribution in [0.25, 0.3) is 0 Å². The fraction of sp³-hybridized carbons (Fsp3) is 0.941. The van der Waals surface area contributed by atoms with E-state index < -0.39 is 11.9 Å². The normalized spacial score (nSPS) is 11.1. The number of rotatable bonds is 22. The number of hydrogen-bond donors (Lipinski definition) is 0. The van der Waals surface area contributed by atoms with E-state index in [-0.39, 0.29) is 34.0 Å². The Hall–Kier alpha value is -0.261. The number of carbonyl (C=O) groups is 2. The fourth-order valence-electron chi connectivity index (χ4n) is 4.32. The van der Waals surface area contributed by atoms with E-state index in [4.69, 9.17) is 0 Å². The monoisotopic (exact) mass is 660 g/mol. The second-order valence-corrected chi connectivity index (χ2v) is 16.6.